The van der Waals surface area contributed by atoms with Crippen LogP contribution in [0.2, 0.25) is 0 Å². The van der Waals surface area contributed by atoms with E-state index in [0.717, 1.165) is 45.5 Å². The van der Waals surface area contributed by atoms with E-state index in [1.165, 1.54) is 0 Å². The number of nitrogens with two attached hydrogens (primary N) is 1. The van der Waals surface area contributed by atoms with Crippen LogP contribution in [0.5, 0.6) is 0 Å². The molecule has 1 saturated heterocycles. The van der Waals surface area contributed by atoms with Crippen LogP contribution < -0.4 is 5.73 Å². The van der Waals surface area contributed by atoms with Crippen molar-refractivity contribution in [3.8, 4) is 0 Å². The van der Waals surface area contributed by atoms with Gasteiger partial charge in [0.1, 0.15) is 0 Å². The predicted octanol–water partition coefficient (Wildman–Crippen LogP) is 0.587. The van der Waals surface area contributed by atoms with E-state index in [1.807, 2.05) is 6.92 Å². The van der Waals surface area contributed by atoms with Crippen molar-refractivity contribution in [2.45, 2.75) is 44.8 Å². The third kappa shape index (κ3) is 4.78. The van der Waals surface area contributed by atoms with Crippen molar-refractivity contribution in [2.24, 2.45) is 5.73 Å². The Kier molecular flexibility index (Phi) is 5.69. The van der Waals surface area contributed by atoms with Crippen molar-refractivity contribution in [1.82, 2.24) is 4.90 Å². The molecular formula is C12H26N2O2. The first-order chi connectivity index (χ1) is 7.57. The summed E-state index contributed by atoms with van der Waals surface area (Å²) in [5.41, 5.74) is 5.47. The van der Waals surface area contributed by atoms with Gasteiger partial charge in [-0.1, -0.05) is 6.92 Å². The van der Waals surface area contributed by atoms with Crippen LogP contribution in [0.4, 0.5) is 0 Å². The summed E-state index contributed by atoms with van der Waals surface area (Å²) < 4.78 is 5.62. The molecule has 0 bridgehead atoms. The first-order valence-electron chi connectivity index (χ1n) is 6.31. The fourth-order valence-corrected chi connectivity index (χ4v) is 2.02. The number of aliphatic hydroxyl groups excluding tert-OH is 1. The van der Waals surface area contributed by atoms with Crippen LogP contribution >= 0.6 is 0 Å². The maximum atomic E-state index is 9.05. The van der Waals surface area contributed by atoms with Crippen LogP contribution in [0, 0.1) is 0 Å². The quantitative estimate of drug-likeness (QED) is 0.701. The van der Waals surface area contributed by atoms with Gasteiger partial charge in [-0.3, -0.25) is 4.90 Å². The van der Waals surface area contributed by atoms with Crippen LogP contribution in [-0.4, -0.2) is 54.5 Å². The Balaban J connectivity index is 2.17. The minimum atomic E-state index is -0.420. The van der Waals surface area contributed by atoms with Gasteiger partial charge in [0, 0.05) is 18.6 Å². The molecule has 1 heterocycles. The maximum Gasteiger partial charge on any atom is 0.0700 e. The Morgan fingerprint density at radius 2 is 2.31 bits per heavy atom. The van der Waals surface area contributed by atoms with Crippen LogP contribution in [0.25, 0.3) is 0 Å². The second-order valence-electron chi connectivity index (χ2n) is 5.12. The third-order valence-electron chi connectivity index (χ3n) is 3.26. The molecule has 1 aliphatic heterocycles. The minimum absolute atomic E-state index is 0.0632. The van der Waals surface area contributed by atoms with Crippen LogP contribution in [0.3, 0.4) is 0 Å². The molecule has 0 saturated carbocycles. The second kappa shape index (κ2) is 6.55. The summed E-state index contributed by atoms with van der Waals surface area (Å²) in [6, 6.07) is 0. The third-order valence-corrected chi connectivity index (χ3v) is 3.26. The normalized spacial score (nSPS) is 26.6. The van der Waals surface area contributed by atoms with E-state index in [2.05, 4.69) is 11.8 Å². The fraction of sp³-hybridized carbons (Fsp3) is 1.00. The summed E-state index contributed by atoms with van der Waals surface area (Å²) in [6.07, 6.45) is 3.40. The second-order valence-corrected chi connectivity index (χ2v) is 5.12. The number of aliphatic hydroxyl groups is 1. The van der Waals surface area contributed by atoms with Crippen molar-refractivity contribution in [2.75, 3.05) is 32.8 Å². The molecule has 0 aromatic carbocycles. The first-order valence-corrected chi connectivity index (χ1v) is 6.31. The lowest BCUT2D eigenvalue weighted by molar-refractivity contribution is -0.0304. The highest BCUT2D eigenvalue weighted by atomic mass is 16.5. The number of morpholine rings is 1. The average Bonchev–Trinajstić information content (AvgIpc) is 2.29. The Hall–Kier alpha value is -0.160. The molecule has 96 valence electrons. The van der Waals surface area contributed by atoms with Gasteiger partial charge in [-0.2, -0.15) is 0 Å². The van der Waals surface area contributed by atoms with Gasteiger partial charge in [0.25, 0.3) is 0 Å². The van der Waals surface area contributed by atoms with Gasteiger partial charge >= 0.3 is 0 Å². The van der Waals surface area contributed by atoms with Gasteiger partial charge in [0.15, 0.2) is 0 Å². The zero-order valence-electron chi connectivity index (χ0n) is 10.6. The van der Waals surface area contributed by atoms with Crippen molar-refractivity contribution in [3.63, 3.8) is 0 Å². The van der Waals surface area contributed by atoms with Gasteiger partial charge in [0.2, 0.25) is 0 Å². The van der Waals surface area contributed by atoms with Crippen molar-refractivity contribution >= 4 is 0 Å². The van der Waals surface area contributed by atoms with E-state index < -0.39 is 5.54 Å². The molecule has 0 spiro atoms. The van der Waals surface area contributed by atoms with E-state index in [0.29, 0.717) is 6.10 Å². The molecule has 0 aromatic rings. The molecule has 4 heteroatoms. The summed E-state index contributed by atoms with van der Waals surface area (Å²) in [4.78, 5) is 2.44. The Bertz CT molecular complexity index is 197. The van der Waals surface area contributed by atoms with E-state index >= 15 is 0 Å². The lowest BCUT2D eigenvalue weighted by Gasteiger charge is -2.33. The van der Waals surface area contributed by atoms with Gasteiger partial charge in [-0.15, -0.1) is 0 Å². The van der Waals surface area contributed by atoms with Crippen LogP contribution in [0.15, 0.2) is 0 Å². The molecule has 3 N–H and O–H groups in total. The number of ether oxygens (including phenoxy) is 1. The number of nitrogens with zero attached hydrogens (tertiary/aromatic N) is 1. The molecule has 4 nitrogen and oxygen atoms in total. The van der Waals surface area contributed by atoms with E-state index in [4.69, 9.17) is 15.6 Å². The summed E-state index contributed by atoms with van der Waals surface area (Å²) in [7, 11) is 0. The van der Waals surface area contributed by atoms with Gasteiger partial charge in [-0.05, 0) is 32.7 Å². The summed E-state index contributed by atoms with van der Waals surface area (Å²) in [5, 5.41) is 9.05. The highest BCUT2D eigenvalue weighted by Crippen LogP contribution is 2.12. The fourth-order valence-electron chi connectivity index (χ4n) is 2.02. The van der Waals surface area contributed by atoms with Crippen LogP contribution in [-0.2, 0) is 4.74 Å². The highest BCUT2D eigenvalue weighted by molar-refractivity contribution is 4.78. The molecule has 0 radical (unpaired) electrons. The smallest absolute Gasteiger partial charge is 0.0700 e. The monoisotopic (exact) mass is 230 g/mol. The lowest BCUT2D eigenvalue weighted by atomic mass is 9.98. The lowest BCUT2D eigenvalue weighted by Crippen LogP contribution is -2.44. The Labute approximate surface area is 98.8 Å². The number of rotatable bonds is 6. The minimum Gasteiger partial charge on any atom is -0.394 e. The van der Waals surface area contributed by atoms with Crippen molar-refractivity contribution in [1.29, 1.82) is 0 Å². The average molecular weight is 230 g/mol. The van der Waals surface area contributed by atoms with E-state index in [-0.39, 0.29) is 6.61 Å². The zero-order chi connectivity index (χ0) is 12.0. The maximum absolute atomic E-state index is 9.05. The molecular weight excluding hydrogens is 204 g/mol. The Morgan fingerprint density at radius 1 is 1.56 bits per heavy atom. The molecule has 0 amide bonds. The molecule has 0 aromatic heterocycles. The molecule has 2 atom stereocenters. The van der Waals surface area contributed by atoms with E-state index in [9.17, 15) is 0 Å². The number of hydrogen-bond donors (Lipinski definition) is 2. The standard InChI is InChI=1S/C12H26N2O2/c1-3-11-9-14(7-8-16-11)6-4-5-12(2,13)10-15/h11,15H,3-10,13H2,1-2H3. The molecule has 2 unspecified atom stereocenters. The van der Waals surface area contributed by atoms with Gasteiger partial charge < -0.3 is 15.6 Å². The van der Waals surface area contributed by atoms with Gasteiger partial charge in [-0.25, -0.2) is 0 Å². The van der Waals surface area contributed by atoms with E-state index in [1.54, 1.807) is 0 Å². The topological polar surface area (TPSA) is 58.7 Å². The summed E-state index contributed by atoms with van der Waals surface area (Å²) in [5.74, 6) is 0. The summed E-state index contributed by atoms with van der Waals surface area (Å²) >= 11 is 0. The van der Waals surface area contributed by atoms with Crippen LogP contribution in [0.1, 0.15) is 33.1 Å². The first kappa shape index (κ1) is 13.9. The summed E-state index contributed by atoms with van der Waals surface area (Å²) in [6.45, 7) is 8.10. The number of hydrogen-bond acceptors (Lipinski definition) is 4. The molecule has 0 aliphatic carbocycles. The largest absolute Gasteiger partial charge is 0.394 e. The zero-order valence-corrected chi connectivity index (χ0v) is 10.6. The van der Waals surface area contributed by atoms with Crippen molar-refractivity contribution in [3.05, 3.63) is 0 Å². The molecule has 1 fully saturated rings. The Morgan fingerprint density at radius 3 is 2.94 bits per heavy atom. The van der Waals surface area contributed by atoms with Gasteiger partial charge in [0.05, 0.1) is 19.3 Å². The molecule has 16 heavy (non-hydrogen) atoms. The highest BCUT2D eigenvalue weighted by Gasteiger charge is 2.20. The molecule has 1 aliphatic rings. The predicted molar refractivity (Wildman–Crippen MR) is 65.4 cm³/mol. The molecule has 1 rings (SSSR count). The SMILES string of the molecule is CCC1CN(CCCC(C)(N)CO)CCO1. The van der Waals surface area contributed by atoms with Crippen molar-refractivity contribution < 1.29 is 9.84 Å².